The Morgan fingerprint density at radius 2 is 1.69 bits per heavy atom. The third-order valence-electron chi connectivity index (χ3n) is 5.20. The molecular formula is C21H24ClNO3. The largest absolute Gasteiger partial charge is 0.497 e. The van der Waals surface area contributed by atoms with Gasteiger partial charge in [-0.05, 0) is 42.7 Å². The molecule has 0 aromatic heterocycles. The van der Waals surface area contributed by atoms with E-state index in [-0.39, 0.29) is 5.91 Å². The van der Waals surface area contributed by atoms with Crippen molar-refractivity contribution in [2.75, 3.05) is 19.5 Å². The number of amides is 1. The summed E-state index contributed by atoms with van der Waals surface area (Å²) in [5, 5.41) is 3.76. The van der Waals surface area contributed by atoms with Crippen LogP contribution in [0.1, 0.15) is 37.7 Å². The average Bonchev–Trinajstić information content (AvgIpc) is 2.69. The smallest absolute Gasteiger partial charge is 0.235 e. The first-order valence-corrected chi connectivity index (χ1v) is 9.26. The quantitative estimate of drug-likeness (QED) is 0.783. The normalized spacial score (nSPS) is 16.0. The third-order valence-corrected chi connectivity index (χ3v) is 5.45. The van der Waals surface area contributed by atoms with Crippen molar-refractivity contribution in [2.45, 2.75) is 37.5 Å². The molecule has 0 spiro atoms. The van der Waals surface area contributed by atoms with Gasteiger partial charge in [-0.2, -0.15) is 0 Å². The maximum absolute atomic E-state index is 13.4. The van der Waals surface area contributed by atoms with E-state index in [0.29, 0.717) is 22.2 Å². The molecule has 0 atom stereocenters. The zero-order valence-electron chi connectivity index (χ0n) is 15.2. The van der Waals surface area contributed by atoms with Gasteiger partial charge in [0.25, 0.3) is 0 Å². The highest BCUT2D eigenvalue weighted by molar-refractivity contribution is 6.30. The molecule has 4 nitrogen and oxygen atoms in total. The van der Waals surface area contributed by atoms with Gasteiger partial charge < -0.3 is 14.8 Å². The Morgan fingerprint density at radius 1 is 1.00 bits per heavy atom. The Bertz CT molecular complexity index is 767. The molecule has 0 bridgehead atoms. The summed E-state index contributed by atoms with van der Waals surface area (Å²) in [4.78, 5) is 13.4. The third kappa shape index (κ3) is 3.65. The number of methoxy groups -OCH3 is 2. The number of anilines is 1. The van der Waals surface area contributed by atoms with Crippen LogP contribution in [0.4, 0.5) is 5.69 Å². The van der Waals surface area contributed by atoms with Crippen LogP contribution in [0.15, 0.2) is 42.5 Å². The van der Waals surface area contributed by atoms with Crippen LogP contribution >= 0.6 is 11.6 Å². The van der Waals surface area contributed by atoms with Gasteiger partial charge >= 0.3 is 0 Å². The number of nitrogens with one attached hydrogen (secondary N) is 1. The Morgan fingerprint density at radius 3 is 2.31 bits per heavy atom. The molecule has 0 radical (unpaired) electrons. The summed E-state index contributed by atoms with van der Waals surface area (Å²) in [6.07, 6.45) is 4.90. The van der Waals surface area contributed by atoms with E-state index in [4.69, 9.17) is 21.1 Å². The number of halogens is 1. The fourth-order valence-electron chi connectivity index (χ4n) is 3.71. The number of hydrogen-bond acceptors (Lipinski definition) is 3. The number of carbonyl (C=O) groups is 1. The highest BCUT2D eigenvalue weighted by Crippen LogP contribution is 2.41. The van der Waals surface area contributed by atoms with E-state index >= 15 is 0 Å². The summed E-state index contributed by atoms with van der Waals surface area (Å²) in [7, 11) is 3.19. The van der Waals surface area contributed by atoms with E-state index < -0.39 is 5.41 Å². The first-order valence-electron chi connectivity index (χ1n) is 8.88. The second-order valence-corrected chi connectivity index (χ2v) is 7.11. The first kappa shape index (κ1) is 18.6. The number of rotatable bonds is 5. The molecule has 0 unspecified atom stereocenters. The van der Waals surface area contributed by atoms with Crippen molar-refractivity contribution >= 4 is 23.2 Å². The number of carbonyl (C=O) groups excluding carboxylic acids is 1. The molecule has 2 aromatic rings. The van der Waals surface area contributed by atoms with Crippen molar-refractivity contribution in [1.82, 2.24) is 0 Å². The van der Waals surface area contributed by atoms with Crippen LogP contribution in [-0.2, 0) is 10.2 Å². The minimum Gasteiger partial charge on any atom is -0.497 e. The molecule has 26 heavy (non-hydrogen) atoms. The molecular weight excluding hydrogens is 350 g/mol. The van der Waals surface area contributed by atoms with Crippen molar-refractivity contribution in [3.05, 3.63) is 53.1 Å². The Balaban J connectivity index is 1.93. The molecule has 0 aliphatic heterocycles. The zero-order chi connectivity index (χ0) is 18.6. The predicted molar refractivity (Wildman–Crippen MR) is 104 cm³/mol. The van der Waals surface area contributed by atoms with Gasteiger partial charge in [-0.3, -0.25) is 4.79 Å². The summed E-state index contributed by atoms with van der Waals surface area (Å²) in [5.41, 5.74) is 1.14. The molecule has 0 saturated heterocycles. The summed E-state index contributed by atoms with van der Waals surface area (Å²) < 4.78 is 10.6. The van der Waals surface area contributed by atoms with E-state index in [2.05, 4.69) is 5.32 Å². The summed E-state index contributed by atoms with van der Waals surface area (Å²) in [5.74, 6) is 1.27. The lowest BCUT2D eigenvalue weighted by Gasteiger charge is -2.36. The second kappa shape index (κ2) is 8.00. The molecule has 1 fully saturated rings. The standard InChI is InChI=1S/C21H24ClNO3/c1-25-17-10-11-18(19(14-17)26-2)23-20(24)21(12-4-3-5-13-21)15-6-8-16(22)9-7-15/h6-11,14H,3-5,12-13H2,1-2H3,(H,23,24). The molecule has 3 rings (SSSR count). The van der Waals surface area contributed by atoms with Crippen LogP contribution in [0.25, 0.3) is 0 Å². The van der Waals surface area contributed by atoms with E-state index in [1.54, 1.807) is 20.3 Å². The van der Waals surface area contributed by atoms with Crippen molar-refractivity contribution in [3.63, 3.8) is 0 Å². The fraction of sp³-hybridized carbons (Fsp3) is 0.381. The van der Waals surface area contributed by atoms with E-state index in [1.165, 1.54) is 0 Å². The number of ether oxygens (including phenoxy) is 2. The first-order chi connectivity index (χ1) is 12.6. The maximum Gasteiger partial charge on any atom is 0.235 e. The number of benzene rings is 2. The van der Waals surface area contributed by atoms with Crippen molar-refractivity contribution in [2.24, 2.45) is 0 Å². The summed E-state index contributed by atoms with van der Waals surface area (Å²) in [6, 6.07) is 13.0. The lowest BCUT2D eigenvalue weighted by molar-refractivity contribution is -0.122. The molecule has 1 saturated carbocycles. The molecule has 5 heteroatoms. The lowest BCUT2D eigenvalue weighted by Crippen LogP contribution is -2.42. The molecule has 0 heterocycles. The van der Waals surface area contributed by atoms with Crippen molar-refractivity contribution in [1.29, 1.82) is 0 Å². The topological polar surface area (TPSA) is 47.6 Å². The highest BCUT2D eigenvalue weighted by Gasteiger charge is 2.41. The fourth-order valence-corrected chi connectivity index (χ4v) is 3.84. The minimum atomic E-state index is -0.534. The maximum atomic E-state index is 13.4. The Labute approximate surface area is 159 Å². The molecule has 2 aromatic carbocycles. The van der Waals surface area contributed by atoms with Gasteiger partial charge in [-0.1, -0.05) is 43.0 Å². The lowest BCUT2D eigenvalue weighted by atomic mass is 9.68. The van der Waals surface area contributed by atoms with Crippen LogP contribution in [0.5, 0.6) is 11.5 Å². The van der Waals surface area contributed by atoms with E-state index in [0.717, 1.165) is 37.7 Å². The average molecular weight is 374 g/mol. The Kier molecular flexibility index (Phi) is 5.72. The minimum absolute atomic E-state index is 0.00277. The zero-order valence-corrected chi connectivity index (χ0v) is 15.9. The van der Waals surface area contributed by atoms with Gasteiger partial charge in [0, 0.05) is 11.1 Å². The second-order valence-electron chi connectivity index (χ2n) is 6.67. The van der Waals surface area contributed by atoms with E-state index in [9.17, 15) is 4.79 Å². The SMILES string of the molecule is COc1ccc(NC(=O)C2(c3ccc(Cl)cc3)CCCCC2)c(OC)c1. The molecule has 1 aliphatic carbocycles. The molecule has 1 aliphatic rings. The molecule has 138 valence electrons. The predicted octanol–water partition coefficient (Wildman–Crippen LogP) is 5.20. The summed E-state index contributed by atoms with van der Waals surface area (Å²) >= 11 is 6.04. The van der Waals surface area contributed by atoms with Crippen LogP contribution in [0.2, 0.25) is 5.02 Å². The van der Waals surface area contributed by atoms with Crippen molar-refractivity contribution in [3.8, 4) is 11.5 Å². The van der Waals surface area contributed by atoms with Crippen LogP contribution in [0, 0.1) is 0 Å². The highest BCUT2D eigenvalue weighted by atomic mass is 35.5. The number of hydrogen-bond donors (Lipinski definition) is 1. The van der Waals surface area contributed by atoms with Crippen molar-refractivity contribution < 1.29 is 14.3 Å². The van der Waals surface area contributed by atoms with Crippen LogP contribution in [-0.4, -0.2) is 20.1 Å². The Hall–Kier alpha value is -2.20. The van der Waals surface area contributed by atoms with Gasteiger partial charge in [-0.25, -0.2) is 0 Å². The van der Waals surface area contributed by atoms with Crippen LogP contribution in [0.3, 0.4) is 0 Å². The summed E-state index contributed by atoms with van der Waals surface area (Å²) in [6.45, 7) is 0. The van der Waals surface area contributed by atoms with Gasteiger partial charge in [-0.15, -0.1) is 0 Å². The monoisotopic (exact) mass is 373 g/mol. The van der Waals surface area contributed by atoms with Gasteiger partial charge in [0.15, 0.2) is 0 Å². The van der Waals surface area contributed by atoms with E-state index in [1.807, 2.05) is 36.4 Å². The van der Waals surface area contributed by atoms with Gasteiger partial charge in [0.1, 0.15) is 11.5 Å². The van der Waals surface area contributed by atoms with Gasteiger partial charge in [0.2, 0.25) is 5.91 Å². The molecule has 1 amide bonds. The molecule has 1 N–H and O–H groups in total. The van der Waals surface area contributed by atoms with Gasteiger partial charge in [0.05, 0.1) is 25.3 Å². The van der Waals surface area contributed by atoms with Crippen LogP contribution < -0.4 is 14.8 Å².